The Hall–Kier alpha value is -2.77. The summed E-state index contributed by atoms with van der Waals surface area (Å²) in [7, 11) is 1.72. The number of rotatable bonds is 7. The lowest BCUT2D eigenvalue weighted by Crippen LogP contribution is -2.41. The lowest BCUT2D eigenvalue weighted by atomic mass is 9.78. The van der Waals surface area contributed by atoms with Crippen molar-refractivity contribution in [3.8, 4) is 16.3 Å². The van der Waals surface area contributed by atoms with Crippen molar-refractivity contribution in [2.75, 3.05) is 18.6 Å². The molecule has 7 heteroatoms. The minimum Gasteiger partial charge on any atom is -0.496 e. The first-order chi connectivity index (χ1) is 18.4. The number of carbonyl (C=O) groups is 1. The van der Waals surface area contributed by atoms with Crippen LogP contribution < -0.4 is 9.64 Å². The van der Waals surface area contributed by atoms with Crippen LogP contribution in [-0.2, 0) is 4.79 Å². The number of benzene rings is 2. The van der Waals surface area contributed by atoms with Crippen LogP contribution in [0.4, 0.5) is 5.69 Å². The van der Waals surface area contributed by atoms with E-state index in [0.29, 0.717) is 24.7 Å². The zero-order valence-electron chi connectivity index (χ0n) is 22.7. The van der Waals surface area contributed by atoms with Crippen LogP contribution in [0.3, 0.4) is 0 Å². The molecule has 0 atom stereocenters. The molecule has 2 aliphatic carbocycles. The average Bonchev–Trinajstić information content (AvgIpc) is 3.38. The SMILES string of the molecule is COc1ccc(C2CCC(CN(C(=O)C3CCC(O)CC3)c3cccc(-c4nnc(C)s4)c3)CC2)cc1C. The third-order valence-electron chi connectivity index (χ3n) is 8.42. The van der Waals surface area contributed by atoms with Gasteiger partial charge in [0.25, 0.3) is 0 Å². The van der Waals surface area contributed by atoms with Crippen molar-refractivity contribution in [2.24, 2.45) is 11.8 Å². The summed E-state index contributed by atoms with van der Waals surface area (Å²) in [5.74, 6) is 2.15. The van der Waals surface area contributed by atoms with Crippen LogP contribution in [0.5, 0.6) is 5.75 Å². The van der Waals surface area contributed by atoms with Gasteiger partial charge in [-0.25, -0.2) is 0 Å². The third kappa shape index (κ3) is 6.10. The number of nitrogens with zero attached hydrogens (tertiary/aromatic N) is 3. The maximum atomic E-state index is 13.9. The van der Waals surface area contributed by atoms with Gasteiger partial charge in [0.2, 0.25) is 5.91 Å². The highest BCUT2D eigenvalue weighted by atomic mass is 32.1. The molecule has 1 aromatic heterocycles. The van der Waals surface area contributed by atoms with E-state index in [0.717, 1.165) is 72.1 Å². The van der Waals surface area contributed by atoms with E-state index in [-0.39, 0.29) is 17.9 Å². The number of methoxy groups -OCH3 is 1. The number of ether oxygens (including phenoxy) is 1. The highest BCUT2D eigenvalue weighted by molar-refractivity contribution is 7.14. The van der Waals surface area contributed by atoms with Gasteiger partial charge in [-0.3, -0.25) is 4.79 Å². The standard InChI is InChI=1S/C31H39N3O3S/c1-20-17-25(13-16-29(20)37-3)23-9-7-22(8-10-23)19-34(31(36)24-11-14-28(35)15-12-24)27-6-4-5-26(18-27)30-33-32-21(2)38-30/h4-6,13,16-18,22-24,28,35H,7-12,14-15,19H2,1-3H3. The molecule has 0 spiro atoms. The maximum absolute atomic E-state index is 13.9. The zero-order chi connectivity index (χ0) is 26.6. The number of amides is 1. The lowest BCUT2D eigenvalue weighted by molar-refractivity contribution is -0.124. The van der Waals surface area contributed by atoms with E-state index in [1.54, 1.807) is 18.4 Å². The van der Waals surface area contributed by atoms with Crippen molar-refractivity contribution in [1.29, 1.82) is 0 Å². The van der Waals surface area contributed by atoms with Gasteiger partial charge in [-0.15, -0.1) is 10.2 Å². The molecule has 38 heavy (non-hydrogen) atoms. The van der Waals surface area contributed by atoms with Crippen molar-refractivity contribution in [3.63, 3.8) is 0 Å². The summed E-state index contributed by atoms with van der Waals surface area (Å²) in [6.07, 6.45) is 7.16. The molecule has 2 aliphatic rings. The number of aryl methyl sites for hydroxylation is 2. The number of aromatic nitrogens is 2. The van der Waals surface area contributed by atoms with E-state index >= 15 is 0 Å². The van der Waals surface area contributed by atoms with E-state index in [4.69, 9.17) is 4.74 Å². The first-order valence-corrected chi connectivity index (χ1v) is 14.8. The predicted molar refractivity (Wildman–Crippen MR) is 153 cm³/mol. The fourth-order valence-electron chi connectivity index (χ4n) is 6.18. The molecule has 202 valence electrons. The Morgan fingerprint density at radius 1 is 1.00 bits per heavy atom. The first-order valence-electron chi connectivity index (χ1n) is 14.0. The van der Waals surface area contributed by atoms with E-state index < -0.39 is 0 Å². The number of aliphatic hydroxyl groups excluding tert-OH is 1. The topological polar surface area (TPSA) is 75.5 Å². The summed E-state index contributed by atoms with van der Waals surface area (Å²) in [6, 6.07) is 14.8. The molecule has 2 aromatic carbocycles. The van der Waals surface area contributed by atoms with E-state index in [9.17, 15) is 9.90 Å². The molecule has 0 radical (unpaired) electrons. The fraction of sp³-hybridized carbons (Fsp3) is 0.516. The molecular weight excluding hydrogens is 494 g/mol. The molecule has 2 saturated carbocycles. The van der Waals surface area contributed by atoms with Crippen LogP contribution in [0.1, 0.15) is 73.4 Å². The molecule has 1 N–H and O–H groups in total. The largest absolute Gasteiger partial charge is 0.496 e. The predicted octanol–water partition coefficient (Wildman–Crippen LogP) is 6.69. The molecule has 1 amide bonds. The molecule has 0 aliphatic heterocycles. The maximum Gasteiger partial charge on any atom is 0.230 e. The second-order valence-corrected chi connectivity index (χ2v) is 12.3. The third-order valence-corrected chi connectivity index (χ3v) is 9.31. The Bertz CT molecular complexity index is 1240. The molecule has 0 bridgehead atoms. The van der Waals surface area contributed by atoms with Crippen molar-refractivity contribution in [2.45, 2.75) is 77.2 Å². The Morgan fingerprint density at radius 2 is 1.76 bits per heavy atom. The van der Waals surface area contributed by atoms with Crippen LogP contribution in [0.25, 0.3) is 10.6 Å². The summed E-state index contributed by atoms with van der Waals surface area (Å²) in [6.45, 7) is 4.81. The van der Waals surface area contributed by atoms with Crippen LogP contribution in [-0.4, -0.2) is 41.0 Å². The van der Waals surface area contributed by atoms with Crippen LogP contribution in [0.2, 0.25) is 0 Å². The minimum absolute atomic E-state index is 0.0237. The highest BCUT2D eigenvalue weighted by Gasteiger charge is 2.32. The van der Waals surface area contributed by atoms with E-state index in [1.807, 2.05) is 24.0 Å². The van der Waals surface area contributed by atoms with Gasteiger partial charge in [-0.05, 0) is 106 Å². The summed E-state index contributed by atoms with van der Waals surface area (Å²) in [4.78, 5) is 16.0. The molecule has 0 unspecified atom stereocenters. The second kappa shape index (κ2) is 12.0. The lowest BCUT2D eigenvalue weighted by Gasteiger charge is -2.36. The summed E-state index contributed by atoms with van der Waals surface area (Å²) in [5.41, 5.74) is 4.53. The number of hydrogen-bond donors (Lipinski definition) is 1. The van der Waals surface area contributed by atoms with Gasteiger partial charge in [0.05, 0.1) is 13.2 Å². The molecule has 3 aromatic rings. The molecule has 0 saturated heterocycles. The van der Waals surface area contributed by atoms with Gasteiger partial charge in [0.15, 0.2) is 0 Å². The monoisotopic (exact) mass is 533 g/mol. The highest BCUT2D eigenvalue weighted by Crippen LogP contribution is 2.39. The normalized spacial score (nSPS) is 23.7. The van der Waals surface area contributed by atoms with Gasteiger partial charge < -0.3 is 14.7 Å². The summed E-state index contributed by atoms with van der Waals surface area (Å²) in [5, 5.41) is 20.3. The smallest absolute Gasteiger partial charge is 0.230 e. The van der Waals surface area contributed by atoms with Gasteiger partial charge in [0.1, 0.15) is 15.8 Å². The van der Waals surface area contributed by atoms with Crippen molar-refractivity contribution >= 4 is 22.9 Å². The molecule has 1 heterocycles. The van der Waals surface area contributed by atoms with Gasteiger partial charge in [-0.2, -0.15) is 0 Å². The van der Waals surface area contributed by atoms with Gasteiger partial charge in [-0.1, -0.05) is 35.6 Å². The summed E-state index contributed by atoms with van der Waals surface area (Å²) < 4.78 is 5.45. The average molecular weight is 534 g/mol. The Labute approximate surface area is 230 Å². The minimum atomic E-state index is -0.270. The van der Waals surface area contributed by atoms with Crippen molar-refractivity contribution in [1.82, 2.24) is 10.2 Å². The molecule has 5 rings (SSSR count). The quantitative estimate of drug-likeness (QED) is 0.366. The molecule has 2 fully saturated rings. The van der Waals surface area contributed by atoms with Crippen LogP contribution in [0.15, 0.2) is 42.5 Å². The van der Waals surface area contributed by atoms with Gasteiger partial charge >= 0.3 is 0 Å². The number of anilines is 1. The van der Waals surface area contributed by atoms with E-state index in [2.05, 4.69) is 47.5 Å². The summed E-state index contributed by atoms with van der Waals surface area (Å²) >= 11 is 1.57. The van der Waals surface area contributed by atoms with E-state index in [1.165, 1.54) is 11.1 Å². The van der Waals surface area contributed by atoms with Gasteiger partial charge in [0, 0.05) is 23.7 Å². The number of hydrogen-bond acceptors (Lipinski definition) is 6. The number of aliphatic hydroxyl groups is 1. The Balaban J connectivity index is 1.32. The van der Waals surface area contributed by atoms with Crippen molar-refractivity contribution < 1.29 is 14.6 Å². The Kier molecular flexibility index (Phi) is 8.44. The molecule has 6 nitrogen and oxygen atoms in total. The van der Waals surface area contributed by atoms with Crippen LogP contribution in [0, 0.1) is 25.7 Å². The Morgan fingerprint density at radius 3 is 2.42 bits per heavy atom. The number of carbonyl (C=O) groups excluding carboxylic acids is 1. The zero-order valence-corrected chi connectivity index (χ0v) is 23.5. The molecular formula is C31H39N3O3S. The fourth-order valence-corrected chi connectivity index (χ4v) is 6.87. The van der Waals surface area contributed by atoms with Crippen molar-refractivity contribution in [3.05, 3.63) is 58.6 Å². The van der Waals surface area contributed by atoms with Crippen LogP contribution >= 0.6 is 11.3 Å². The second-order valence-electron chi connectivity index (χ2n) is 11.1. The first kappa shape index (κ1) is 26.8.